The zero-order chi connectivity index (χ0) is 22.5. The molecular formula is C22H26F2N6O2. The first-order valence-electron chi connectivity index (χ1n) is 11.0. The summed E-state index contributed by atoms with van der Waals surface area (Å²) in [6.07, 6.45) is 4.68. The van der Waals surface area contributed by atoms with Gasteiger partial charge in [0.15, 0.2) is 0 Å². The highest BCUT2D eigenvalue weighted by Crippen LogP contribution is 2.51. The molecule has 0 unspecified atom stereocenters. The third-order valence-corrected chi connectivity index (χ3v) is 6.65. The lowest BCUT2D eigenvalue weighted by molar-refractivity contribution is -0.138. The van der Waals surface area contributed by atoms with Crippen molar-refractivity contribution in [3.63, 3.8) is 0 Å². The topological polar surface area (TPSA) is 94.5 Å². The van der Waals surface area contributed by atoms with Crippen LogP contribution in [0.3, 0.4) is 0 Å². The second-order valence-electron chi connectivity index (χ2n) is 8.97. The maximum absolute atomic E-state index is 13.4. The van der Waals surface area contributed by atoms with Crippen LogP contribution in [0.4, 0.5) is 26.2 Å². The summed E-state index contributed by atoms with van der Waals surface area (Å²) < 4.78 is 26.8. The number of hydrogen-bond donors (Lipinski definition) is 2. The van der Waals surface area contributed by atoms with Crippen LogP contribution in [0.1, 0.15) is 37.8 Å². The maximum Gasteiger partial charge on any atom is 0.260 e. The monoisotopic (exact) mass is 444 g/mol. The Kier molecular flexibility index (Phi) is 5.19. The van der Waals surface area contributed by atoms with Gasteiger partial charge >= 0.3 is 0 Å². The predicted molar refractivity (Wildman–Crippen MR) is 114 cm³/mol. The third kappa shape index (κ3) is 3.87. The number of amides is 1. The molecule has 4 heterocycles. The minimum atomic E-state index is -2.83. The summed E-state index contributed by atoms with van der Waals surface area (Å²) in [5.41, 5.74) is 1.54. The van der Waals surface area contributed by atoms with Crippen molar-refractivity contribution in [3.05, 3.63) is 36.3 Å². The molecule has 32 heavy (non-hydrogen) atoms. The largest absolute Gasteiger partial charge is 0.396 e. The number of rotatable bonds is 6. The molecule has 2 aromatic heterocycles. The Morgan fingerprint density at radius 2 is 1.97 bits per heavy atom. The number of aliphatic hydroxyl groups excluding tert-OH is 1. The summed E-state index contributed by atoms with van der Waals surface area (Å²) in [4.78, 5) is 29.7. The van der Waals surface area contributed by atoms with Crippen LogP contribution in [0.15, 0.2) is 30.6 Å². The van der Waals surface area contributed by atoms with Gasteiger partial charge in [-0.1, -0.05) is 6.92 Å². The van der Waals surface area contributed by atoms with Gasteiger partial charge in [-0.15, -0.1) is 0 Å². The first kappa shape index (κ1) is 21.0. The van der Waals surface area contributed by atoms with E-state index in [2.05, 4.69) is 25.2 Å². The van der Waals surface area contributed by atoms with Crippen LogP contribution in [0.2, 0.25) is 0 Å². The predicted octanol–water partition coefficient (Wildman–Crippen LogP) is 2.55. The molecular weight excluding hydrogens is 418 g/mol. The van der Waals surface area contributed by atoms with Crippen molar-refractivity contribution in [1.29, 1.82) is 0 Å². The molecule has 2 saturated heterocycles. The van der Waals surface area contributed by atoms with Crippen LogP contribution in [-0.4, -0.2) is 68.6 Å². The molecule has 2 aliphatic heterocycles. The molecule has 2 N–H and O–H groups in total. The Balaban J connectivity index is 1.26. The zero-order valence-electron chi connectivity index (χ0n) is 17.8. The van der Waals surface area contributed by atoms with E-state index in [1.54, 1.807) is 17.3 Å². The van der Waals surface area contributed by atoms with Crippen LogP contribution in [0.5, 0.6) is 0 Å². The number of nitrogens with one attached hydrogen (secondary N) is 1. The molecule has 0 spiro atoms. The zero-order valence-corrected chi connectivity index (χ0v) is 17.8. The molecule has 1 aliphatic carbocycles. The summed E-state index contributed by atoms with van der Waals surface area (Å²) in [6, 6.07) is 5.41. The number of alkyl halides is 2. The Labute approximate surface area is 184 Å². The van der Waals surface area contributed by atoms with E-state index in [0.717, 1.165) is 30.0 Å². The van der Waals surface area contributed by atoms with E-state index < -0.39 is 17.7 Å². The quantitative estimate of drug-likeness (QED) is 0.707. The summed E-state index contributed by atoms with van der Waals surface area (Å²) >= 11 is 0. The second kappa shape index (κ2) is 7.91. The number of halogens is 2. The number of carbonyl (C=O) groups is 1. The summed E-state index contributed by atoms with van der Waals surface area (Å²) in [5, 5.41) is 12.4. The smallest absolute Gasteiger partial charge is 0.260 e. The first-order chi connectivity index (χ1) is 15.4. The molecule has 0 radical (unpaired) electrons. The molecule has 4 atom stereocenters. The van der Waals surface area contributed by atoms with Gasteiger partial charge in [0.1, 0.15) is 11.7 Å². The number of carbonyl (C=O) groups excluding carboxylic acids is 1. The van der Waals surface area contributed by atoms with Crippen molar-refractivity contribution in [3.8, 4) is 0 Å². The van der Waals surface area contributed by atoms with Crippen LogP contribution in [0, 0.1) is 5.92 Å². The molecule has 3 fully saturated rings. The lowest BCUT2D eigenvalue weighted by Crippen LogP contribution is -2.56. The minimum Gasteiger partial charge on any atom is -0.396 e. The highest BCUT2D eigenvalue weighted by Gasteiger charge is 2.64. The Morgan fingerprint density at radius 1 is 1.25 bits per heavy atom. The lowest BCUT2D eigenvalue weighted by Gasteiger charge is -2.41. The fraction of sp³-hybridized carbons (Fsp3) is 0.545. The van der Waals surface area contributed by atoms with Gasteiger partial charge in [-0.2, -0.15) is 4.98 Å². The highest BCUT2D eigenvalue weighted by atomic mass is 19.3. The van der Waals surface area contributed by atoms with Crippen molar-refractivity contribution in [2.45, 2.75) is 50.1 Å². The standard InChI is InChI=1S/C22H26F2N6O2/c1-13(12-31)18-5-2-14(9-26-18)27-21-25-7-6-19(28-21)29-10-15-3-4-16(11-29)30(15)20(32)17-8-22(17,23)24/h2,5-7,9,13,15-17,31H,3-4,8,10-12H2,1H3,(H,25,27,28)/t13-,15-,16+,17+/m1/s1. The van der Waals surface area contributed by atoms with E-state index in [-0.39, 0.29) is 31.0 Å². The van der Waals surface area contributed by atoms with E-state index in [9.17, 15) is 18.7 Å². The Morgan fingerprint density at radius 3 is 2.56 bits per heavy atom. The van der Waals surface area contributed by atoms with Crippen molar-refractivity contribution in [2.24, 2.45) is 5.92 Å². The molecule has 8 nitrogen and oxygen atoms in total. The van der Waals surface area contributed by atoms with Gasteiger partial charge in [-0.05, 0) is 31.0 Å². The second-order valence-corrected chi connectivity index (χ2v) is 8.97. The van der Waals surface area contributed by atoms with Crippen LogP contribution >= 0.6 is 0 Å². The molecule has 5 rings (SSSR count). The van der Waals surface area contributed by atoms with Gasteiger partial charge < -0.3 is 20.2 Å². The summed E-state index contributed by atoms with van der Waals surface area (Å²) in [5.74, 6) is -3.22. The van der Waals surface area contributed by atoms with Gasteiger partial charge in [0, 0.05) is 49.4 Å². The highest BCUT2D eigenvalue weighted by molar-refractivity contribution is 5.84. The van der Waals surface area contributed by atoms with E-state index in [0.29, 0.717) is 19.0 Å². The SMILES string of the molecule is C[C@H](CO)c1ccc(Nc2nccc(N3C[C@H]4CC[C@@H](C3)N4C(=O)[C@@H]3CC3(F)F)n2)cn1. The van der Waals surface area contributed by atoms with Crippen LogP contribution in [-0.2, 0) is 4.79 Å². The van der Waals surface area contributed by atoms with Crippen molar-refractivity contribution in [2.75, 3.05) is 29.9 Å². The van der Waals surface area contributed by atoms with Crippen LogP contribution < -0.4 is 10.2 Å². The maximum atomic E-state index is 13.4. The average molecular weight is 444 g/mol. The number of anilines is 3. The summed E-state index contributed by atoms with van der Waals surface area (Å²) in [6.45, 7) is 3.09. The van der Waals surface area contributed by atoms with Crippen molar-refractivity contribution >= 4 is 23.4 Å². The number of nitrogens with zero attached hydrogens (tertiary/aromatic N) is 5. The fourth-order valence-corrected chi connectivity index (χ4v) is 4.69. The van der Waals surface area contributed by atoms with E-state index in [1.807, 2.05) is 25.1 Å². The molecule has 170 valence electrons. The molecule has 2 bridgehead atoms. The number of piperazine rings is 1. The number of pyridine rings is 1. The minimum absolute atomic E-state index is 0.0318. The van der Waals surface area contributed by atoms with Gasteiger partial charge in [-0.3, -0.25) is 9.78 Å². The molecule has 10 heteroatoms. The van der Waals surface area contributed by atoms with Crippen molar-refractivity contribution < 1.29 is 18.7 Å². The number of fused-ring (bicyclic) bond motifs is 2. The molecule has 1 saturated carbocycles. The number of hydrogen-bond acceptors (Lipinski definition) is 7. The van der Waals surface area contributed by atoms with Gasteiger partial charge in [-0.25, -0.2) is 13.8 Å². The van der Waals surface area contributed by atoms with E-state index in [4.69, 9.17) is 0 Å². The normalized spacial score (nSPS) is 26.7. The molecule has 3 aliphatic rings. The molecule has 0 aromatic carbocycles. The van der Waals surface area contributed by atoms with Gasteiger partial charge in [0.2, 0.25) is 11.9 Å². The van der Waals surface area contributed by atoms with Gasteiger partial charge in [0.05, 0.1) is 18.5 Å². The fourth-order valence-electron chi connectivity index (χ4n) is 4.69. The number of aromatic nitrogens is 3. The first-order valence-corrected chi connectivity index (χ1v) is 11.0. The van der Waals surface area contributed by atoms with Crippen molar-refractivity contribution in [1.82, 2.24) is 19.9 Å². The van der Waals surface area contributed by atoms with Crippen LogP contribution in [0.25, 0.3) is 0 Å². The lowest BCUT2D eigenvalue weighted by atomic mass is 10.1. The summed E-state index contributed by atoms with van der Waals surface area (Å²) in [7, 11) is 0. The Hall–Kier alpha value is -2.88. The Bertz CT molecular complexity index is 990. The molecule has 1 amide bonds. The van der Waals surface area contributed by atoms with E-state index in [1.165, 1.54) is 0 Å². The van der Waals surface area contributed by atoms with Gasteiger partial charge in [0.25, 0.3) is 5.92 Å². The number of aliphatic hydroxyl groups is 1. The van der Waals surface area contributed by atoms with E-state index >= 15 is 0 Å². The molecule has 2 aromatic rings. The third-order valence-electron chi connectivity index (χ3n) is 6.65. The average Bonchev–Trinajstić information content (AvgIpc) is 3.36.